The zero-order valence-electron chi connectivity index (χ0n) is 15.5. The predicted octanol–water partition coefficient (Wildman–Crippen LogP) is 0.523. The minimum atomic E-state index is -1.27. The maximum absolute atomic E-state index is 14.0. The van der Waals surface area contributed by atoms with Crippen LogP contribution in [0.5, 0.6) is 0 Å². The molecule has 0 aromatic heterocycles. The minimum absolute atomic E-state index is 0.0775. The molecule has 2 fully saturated rings. The highest BCUT2D eigenvalue weighted by molar-refractivity contribution is 6.28. The number of hydrogen-bond donors (Lipinski definition) is 0. The van der Waals surface area contributed by atoms with Crippen LogP contribution in [0.4, 0.5) is 5.69 Å². The normalized spacial score (nSPS) is 26.1. The Balaban J connectivity index is 1.69. The van der Waals surface area contributed by atoms with Gasteiger partial charge in [0, 0.05) is 38.3 Å². The van der Waals surface area contributed by atoms with Crippen molar-refractivity contribution >= 4 is 17.4 Å². The van der Waals surface area contributed by atoms with Crippen LogP contribution >= 0.6 is 0 Å². The first kappa shape index (κ1) is 17.3. The lowest BCUT2D eigenvalue weighted by atomic mass is 9.82. The second-order valence-corrected chi connectivity index (χ2v) is 7.57. The van der Waals surface area contributed by atoms with Gasteiger partial charge in [-0.1, -0.05) is 12.1 Å². The summed E-state index contributed by atoms with van der Waals surface area (Å²) >= 11 is 0. The molecule has 1 amide bonds. The van der Waals surface area contributed by atoms with E-state index in [0.717, 1.165) is 24.1 Å². The lowest BCUT2D eigenvalue weighted by Crippen LogP contribution is -2.77. The van der Waals surface area contributed by atoms with E-state index in [0.29, 0.717) is 64.7 Å². The summed E-state index contributed by atoms with van der Waals surface area (Å²) < 4.78 is 11.1. The molecule has 144 valence electrons. The minimum Gasteiger partial charge on any atom is -0.379 e. The third-order valence-corrected chi connectivity index (χ3v) is 6.26. The van der Waals surface area contributed by atoms with Crippen molar-refractivity contribution < 1.29 is 19.1 Å². The van der Waals surface area contributed by atoms with Crippen LogP contribution in [0.1, 0.15) is 22.3 Å². The molecule has 1 aromatic carbocycles. The molecule has 4 aliphatic heterocycles. The van der Waals surface area contributed by atoms with Crippen LogP contribution in [0.3, 0.4) is 0 Å². The number of morpholine rings is 2. The summed E-state index contributed by atoms with van der Waals surface area (Å²) in [6.45, 7) is 5.16. The van der Waals surface area contributed by atoms with Gasteiger partial charge in [0.2, 0.25) is 11.4 Å². The number of nitrogens with zero attached hydrogens (tertiary/aromatic N) is 3. The average Bonchev–Trinajstić information content (AvgIpc) is 2.74. The first-order chi connectivity index (χ1) is 13.2. The van der Waals surface area contributed by atoms with Crippen LogP contribution in [0.25, 0.3) is 0 Å². The monoisotopic (exact) mass is 371 g/mol. The summed E-state index contributed by atoms with van der Waals surface area (Å²) in [5, 5.41) is 0. The molecule has 4 aliphatic rings. The van der Waals surface area contributed by atoms with Gasteiger partial charge in [-0.25, -0.2) is 0 Å². The van der Waals surface area contributed by atoms with Crippen molar-refractivity contribution in [2.24, 2.45) is 0 Å². The Morgan fingerprint density at radius 3 is 2.11 bits per heavy atom. The Hall–Kier alpha value is -1.80. The van der Waals surface area contributed by atoms with Gasteiger partial charge in [0.25, 0.3) is 5.91 Å². The SMILES string of the molecule is O=C1c2cccc3c2N(CCC3)C(=O)C1(N1CCOCC1)N1CCOCC1. The maximum atomic E-state index is 14.0. The molecular formula is C20H25N3O4. The zero-order chi connectivity index (χ0) is 18.4. The fraction of sp³-hybridized carbons (Fsp3) is 0.600. The van der Waals surface area contributed by atoms with Crippen LogP contribution < -0.4 is 4.90 Å². The number of para-hydroxylation sites is 1. The lowest BCUT2D eigenvalue weighted by Gasteiger charge is -2.54. The first-order valence-corrected chi connectivity index (χ1v) is 9.89. The van der Waals surface area contributed by atoms with Crippen molar-refractivity contribution in [3.8, 4) is 0 Å². The van der Waals surface area contributed by atoms with Gasteiger partial charge in [0.05, 0.1) is 32.1 Å². The summed E-state index contributed by atoms with van der Waals surface area (Å²) in [5.74, 6) is -0.165. The highest BCUT2D eigenvalue weighted by Crippen LogP contribution is 2.42. The number of benzene rings is 1. The van der Waals surface area contributed by atoms with Crippen molar-refractivity contribution in [2.75, 3.05) is 64.1 Å². The molecule has 0 spiro atoms. The van der Waals surface area contributed by atoms with Gasteiger partial charge in [-0.3, -0.25) is 19.4 Å². The van der Waals surface area contributed by atoms with E-state index in [1.54, 1.807) is 0 Å². The van der Waals surface area contributed by atoms with E-state index in [1.165, 1.54) is 0 Å². The van der Waals surface area contributed by atoms with Crippen LogP contribution in [-0.4, -0.2) is 86.3 Å². The average molecular weight is 371 g/mol. The molecule has 7 heteroatoms. The van der Waals surface area contributed by atoms with Crippen molar-refractivity contribution in [3.05, 3.63) is 29.3 Å². The first-order valence-electron chi connectivity index (χ1n) is 9.89. The second-order valence-electron chi connectivity index (χ2n) is 7.57. The number of hydrogen-bond acceptors (Lipinski definition) is 6. The highest BCUT2D eigenvalue weighted by atomic mass is 16.5. The number of ether oxygens (including phenoxy) is 2. The molecule has 0 bridgehead atoms. The topological polar surface area (TPSA) is 62.3 Å². The van der Waals surface area contributed by atoms with Crippen molar-refractivity contribution in [1.82, 2.24) is 9.80 Å². The van der Waals surface area contributed by atoms with Gasteiger partial charge in [-0.05, 0) is 24.5 Å². The zero-order valence-corrected chi connectivity index (χ0v) is 15.5. The summed E-state index contributed by atoms with van der Waals surface area (Å²) in [6, 6.07) is 5.89. The standard InChI is InChI=1S/C20H25N3O4/c24-18-16-5-1-3-15-4-2-6-23(17(15)16)19(25)20(18,21-7-11-26-12-8-21)22-9-13-27-14-10-22/h1,3,5H,2,4,6-14H2. The number of ketones is 1. The number of amides is 1. The Labute approximate surface area is 158 Å². The quantitative estimate of drug-likeness (QED) is 0.707. The van der Waals surface area contributed by atoms with Gasteiger partial charge in [-0.15, -0.1) is 0 Å². The molecule has 0 unspecified atom stereocenters. The van der Waals surface area contributed by atoms with E-state index in [1.807, 2.05) is 23.1 Å². The van der Waals surface area contributed by atoms with Crippen molar-refractivity contribution in [1.29, 1.82) is 0 Å². The van der Waals surface area contributed by atoms with E-state index in [-0.39, 0.29) is 11.7 Å². The predicted molar refractivity (Wildman–Crippen MR) is 99.0 cm³/mol. The van der Waals surface area contributed by atoms with Gasteiger partial charge in [0.1, 0.15) is 0 Å². The molecule has 7 nitrogen and oxygen atoms in total. The molecule has 5 rings (SSSR count). The maximum Gasteiger partial charge on any atom is 0.270 e. The third kappa shape index (κ3) is 2.42. The number of carbonyl (C=O) groups is 2. The Bertz CT molecular complexity index is 750. The van der Waals surface area contributed by atoms with Crippen LogP contribution in [0, 0.1) is 0 Å². The van der Waals surface area contributed by atoms with Gasteiger partial charge in [0.15, 0.2) is 0 Å². The molecule has 0 radical (unpaired) electrons. The van der Waals surface area contributed by atoms with Crippen LogP contribution in [-0.2, 0) is 20.7 Å². The Morgan fingerprint density at radius 1 is 0.852 bits per heavy atom. The van der Waals surface area contributed by atoms with Crippen LogP contribution in [0.2, 0.25) is 0 Å². The third-order valence-electron chi connectivity index (χ3n) is 6.26. The second kappa shape index (κ2) is 6.67. The summed E-state index contributed by atoms with van der Waals surface area (Å²) in [7, 11) is 0. The van der Waals surface area contributed by atoms with Crippen LogP contribution in [0.15, 0.2) is 18.2 Å². The largest absolute Gasteiger partial charge is 0.379 e. The molecule has 1 aromatic rings. The molecule has 4 heterocycles. The smallest absolute Gasteiger partial charge is 0.270 e. The highest BCUT2D eigenvalue weighted by Gasteiger charge is 2.61. The fourth-order valence-electron chi connectivity index (χ4n) is 5.04. The van der Waals surface area contributed by atoms with Gasteiger partial charge in [-0.2, -0.15) is 0 Å². The lowest BCUT2D eigenvalue weighted by molar-refractivity contribution is -0.152. The van der Waals surface area contributed by atoms with E-state index < -0.39 is 5.66 Å². The van der Waals surface area contributed by atoms with Crippen molar-refractivity contribution in [2.45, 2.75) is 18.5 Å². The van der Waals surface area contributed by atoms with E-state index in [2.05, 4.69) is 9.80 Å². The molecule has 2 saturated heterocycles. The molecule has 0 aliphatic carbocycles. The Morgan fingerprint density at radius 2 is 1.48 bits per heavy atom. The number of rotatable bonds is 2. The van der Waals surface area contributed by atoms with Crippen molar-refractivity contribution in [3.63, 3.8) is 0 Å². The number of anilines is 1. The van der Waals surface area contributed by atoms with E-state index in [9.17, 15) is 9.59 Å². The van der Waals surface area contributed by atoms with E-state index in [4.69, 9.17) is 9.47 Å². The number of aryl methyl sites for hydroxylation is 1. The molecular weight excluding hydrogens is 346 g/mol. The molecule has 0 N–H and O–H groups in total. The summed E-state index contributed by atoms with van der Waals surface area (Å²) in [4.78, 5) is 33.9. The Kier molecular flexibility index (Phi) is 4.27. The molecule has 27 heavy (non-hydrogen) atoms. The van der Waals surface area contributed by atoms with E-state index >= 15 is 0 Å². The van der Waals surface area contributed by atoms with Gasteiger partial charge >= 0.3 is 0 Å². The molecule has 0 saturated carbocycles. The summed E-state index contributed by atoms with van der Waals surface area (Å²) in [5.41, 5.74) is 1.37. The summed E-state index contributed by atoms with van der Waals surface area (Å²) in [6.07, 6.45) is 1.85. The fourth-order valence-corrected chi connectivity index (χ4v) is 5.04. The van der Waals surface area contributed by atoms with Gasteiger partial charge < -0.3 is 14.4 Å². The molecule has 0 atom stereocenters. The number of carbonyl (C=O) groups excluding carboxylic acids is 2. The number of Topliss-reactive ketones (excluding diaryl/α,β-unsaturated/α-hetero) is 1.